The summed E-state index contributed by atoms with van der Waals surface area (Å²) in [7, 11) is 0. The molecule has 0 aliphatic heterocycles. The minimum absolute atomic E-state index is 0.128. The Kier molecular flexibility index (Phi) is 2.98. The van der Waals surface area contributed by atoms with Crippen molar-refractivity contribution in [2.75, 3.05) is 0 Å². The zero-order valence-electron chi connectivity index (χ0n) is 9.52. The largest absolute Gasteiger partial charge is 0.299 e. The van der Waals surface area contributed by atoms with Crippen LogP contribution >= 0.6 is 0 Å². The van der Waals surface area contributed by atoms with E-state index in [9.17, 15) is 4.79 Å². The normalized spacial score (nSPS) is 19.9. The minimum Gasteiger partial charge on any atom is -0.299 e. The van der Waals surface area contributed by atoms with Gasteiger partial charge in [-0.25, -0.2) is 0 Å². The van der Waals surface area contributed by atoms with Gasteiger partial charge in [-0.2, -0.15) is 0 Å². The number of carbonyl (C=O) groups excluding carboxylic acids is 1. The van der Waals surface area contributed by atoms with Gasteiger partial charge < -0.3 is 0 Å². The maximum Gasteiger partial charge on any atom is 0.141 e. The fourth-order valence-corrected chi connectivity index (χ4v) is 2.06. The molecule has 1 nitrogen and oxygen atoms in total. The summed E-state index contributed by atoms with van der Waals surface area (Å²) in [5, 5.41) is 0. The smallest absolute Gasteiger partial charge is 0.141 e. The van der Waals surface area contributed by atoms with Gasteiger partial charge in [0.05, 0.1) is 0 Å². The van der Waals surface area contributed by atoms with Crippen LogP contribution < -0.4 is 0 Å². The zero-order chi connectivity index (χ0) is 10.9. The van der Waals surface area contributed by atoms with E-state index in [-0.39, 0.29) is 11.3 Å². The molecule has 0 atom stereocenters. The Morgan fingerprint density at radius 1 is 1.21 bits per heavy atom. The number of hydrogen-bond donors (Lipinski definition) is 0. The van der Waals surface area contributed by atoms with Gasteiger partial charge in [0.15, 0.2) is 0 Å². The fourth-order valence-electron chi connectivity index (χ4n) is 2.06. The number of rotatable bonds is 1. The molecule has 0 N–H and O–H groups in total. The monoisotopic (exact) mass is 192 g/mol. The van der Waals surface area contributed by atoms with Gasteiger partial charge in [0.2, 0.25) is 0 Å². The lowest BCUT2D eigenvalue weighted by Crippen LogP contribution is -2.30. The Hall–Kier alpha value is -0.850. The Balaban J connectivity index is 2.74. The third-order valence-corrected chi connectivity index (χ3v) is 2.68. The van der Waals surface area contributed by atoms with Gasteiger partial charge in [0.1, 0.15) is 5.78 Å². The first-order valence-corrected chi connectivity index (χ1v) is 5.18. The van der Waals surface area contributed by atoms with E-state index < -0.39 is 0 Å². The third kappa shape index (κ3) is 2.57. The number of hydrogen-bond acceptors (Lipinski definition) is 1. The SMILES string of the molecule is C=C1CC(=C)CC(C(=O)C(C)(C)C)C1. The molecule has 0 spiro atoms. The van der Waals surface area contributed by atoms with Gasteiger partial charge in [-0.3, -0.25) is 4.79 Å². The molecule has 0 aromatic carbocycles. The van der Waals surface area contributed by atoms with Crippen LogP contribution in [0.1, 0.15) is 40.0 Å². The van der Waals surface area contributed by atoms with Crippen LogP contribution in [0.4, 0.5) is 0 Å². The van der Waals surface area contributed by atoms with Crippen molar-refractivity contribution in [3.05, 3.63) is 24.3 Å². The predicted molar refractivity (Wildman–Crippen MR) is 60.1 cm³/mol. The van der Waals surface area contributed by atoms with Crippen molar-refractivity contribution in [1.29, 1.82) is 0 Å². The quantitative estimate of drug-likeness (QED) is 0.581. The number of carbonyl (C=O) groups is 1. The molecule has 0 amide bonds. The highest BCUT2D eigenvalue weighted by atomic mass is 16.1. The van der Waals surface area contributed by atoms with Crippen LogP contribution in [0, 0.1) is 11.3 Å². The van der Waals surface area contributed by atoms with Gasteiger partial charge >= 0.3 is 0 Å². The molecule has 0 unspecified atom stereocenters. The molecule has 0 aromatic rings. The summed E-state index contributed by atoms with van der Waals surface area (Å²) in [4.78, 5) is 12.0. The summed E-state index contributed by atoms with van der Waals surface area (Å²) in [5.41, 5.74) is 2.08. The molecule has 1 saturated carbocycles. The first-order chi connectivity index (χ1) is 6.30. The van der Waals surface area contributed by atoms with E-state index in [2.05, 4.69) is 13.2 Å². The molecule has 14 heavy (non-hydrogen) atoms. The van der Waals surface area contributed by atoms with Crippen LogP contribution in [0.3, 0.4) is 0 Å². The first-order valence-electron chi connectivity index (χ1n) is 5.18. The Labute approximate surface area is 86.9 Å². The molecule has 0 aromatic heterocycles. The predicted octanol–water partition coefficient (Wildman–Crippen LogP) is 3.51. The van der Waals surface area contributed by atoms with Crippen molar-refractivity contribution in [1.82, 2.24) is 0 Å². The molecule has 78 valence electrons. The third-order valence-electron chi connectivity index (χ3n) is 2.68. The Morgan fingerprint density at radius 2 is 1.64 bits per heavy atom. The van der Waals surface area contributed by atoms with E-state index in [1.165, 1.54) is 0 Å². The van der Waals surface area contributed by atoms with Crippen molar-refractivity contribution in [2.45, 2.75) is 40.0 Å². The summed E-state index contributed by atoms with van der Waals surface area (Å²) in [5.74, 6) is 0.475. The second kappa shape index (κ2) is 3.72. The van der Waals surface area contributed by atoms with Crippen molar-refractivity contribution >= 4 is 5.78 Å². The van der Waals surface area contributed by atoms with E-state index in [0.29, 0.717) is 5.78 Å². The van der Waals surface area contributed by atoms with Crippen molar-refractivity contribution in [3.8, 4) is 0 Å². The lowest BCUT2D eigenvalue weighted by atomic mass is 9.74. The average molecular weight is 192 g/mol. The molecule has 1 aliphatic carbocycles. The topological polar surface area (TPSA) is 17.1 Å². The van der Waals surface area contributed by atoms with Crippen LogP contribution in [0.2, 0.25) is 0 Å². The summed E-state index contributed by atoms with van der Waals surface area (Å²) >= 11 is 0. The van der Waals surface area contributed by atoms with Gasteiger partial charge in [-0.05, 0) is 19.3 Å². The minimum atomic E-state index is -0.234. The van der Waals surface area contributed by atoms with E-state index in [0.717, 1.165) is 30.4 Å². The van der Waals surface area contributed by atoms with Gasteiger partial charge in [0, 0.05) is 11.3 Å². The summed E-state index contributed by atoms with van der Waals surface area (Å²) < 4.78 is 0. The fraction of sp³-hybridized carbons (Fsp3) is 0.615. The van der Waals surface area contributed by atoms with Crippen LogP contribution in [-0.4, -0.2) is 5.78 Å². The van der Waals surface area contributed by atoms with Crippen LogP contribution in [-0.2, 0) is 4.79 Å². The van der Waals surface area contributed by atoms with E-state index in [4.69, 9.17) is 0 Å². The number of ketones is 1. The highest BCUT2D eigenvalue weighted by molar-refractivity contribution is 5.86. The standard InChI is InChI=1S/C13H20O/c1-9-6-10(2)8-11(7-9)12(14)13(3,4)5/h11H,1-2,6-8H2,3-5H3. The highest BCUT2D eigenvalue weighted by Gasteiger charge is 2.32. The first kappa shape index (κ1) is 11.2. The molecule has 1 heteroatoms. The van der Waals surface area contributed by atoms with Crippen molar-refractivity contribution in [3.63, 3.8) is 0 Å². The number of allylic oxidation sites excluding steroid dienone is 2. The summed E-state index contributed by atoms with van der Waals surface area (Å²) in [6, 6.07) is 0. The van der Waals surface area contributed by atoms with E-state index in [1.807, 2.05) is 20.8 Å². The molecule has 1 rings (SSSR count). The van der Waals surface area contributed by atoms with Gasteiger partial charge in [-0.1, -0.05) is 45.1 Å². The molecular formula is C13H20O. The highest BCUT2D eigenvalue weighted by Crippen LogP contribution is 2.35. The van der Waals surface area contributed by atoms with Crippen LogP contribution in [0.15, 0.2) is 24.3 Å². The number of Topliss-reactive ketones (excluding diaryl/α,β-unsaturated/α-hetero) is 1. The Bertz CT molecular complexity index is 262. The molecule has 1 aliphatic rings. The molecule has 0 saturated heterocycles. The van der Waals surface area contributed by atoms with Crippen molar-refractivity contribution < 1.29 is 4.79 Å². The van der Waals surface area contributed by atoms with E-state index in [1.54, 1.807) is 0 Å². The summed E-state index contributed by atoms with van der Waals surface area (Å²) in [6.07, 6.45) is 2.62. The summed E-state index contributed by atoms with van der Waals surface area (Å²) in [6.45, 7) is 13.9. The average Bonchev–Trinajstić information content (AvgIpc) is 1.99. The van der Waals surface area contributed by atoms with Crippen LogP contribution in [0.5, 0.6) is 0 Å². The van der Waals surface area contributed by atoms with E-state index >= 15 is 0 Å². The second-order valence-corrected chi connectivity index (χ2v) is 5.40. The lowest BCUT2D eigenvalue weighted by Gasteiger charge is -2.29. The lowest BCUT2D eigenvalue weighted by molar-refractivity contribution is -0.130. The zero-order valence-corrected chi connectivity index (χ0v) is 9.52. The molecular weight excluding hydrogens is 172 g/mol. The maximum absolute atomic E-state index is 12.0. The van der Waals surface area contributed by atoms with Gasteiger partial charge in [-0.15, -0.1) is 0 Å². The molecule has 0 radical (unpaired) electrons. The second-order valence-electron chi connectivity index (χ2n) is 5.40. The Morgan fingerprint density at radius 3 is 2.00 bits per heavy atom. The molecule has 0 heterocycles. The van der Waals surface area contributed by atoms with Crippen molar-refractivity contribution in [2.24, 2.45) is 11.3 Å². The van der Waals surface area contributed by atoms with Crippen LogP contribution in [0.25, 0.3) is 0 Å². The maximum atomic E-state index is 12.0. The van der Waals surface area contributed by atoms with Gasteiger partial charge in [0.25, 0.3) is 0 Å². The molecule has 0 bridgehead atoms. The molecule has 1 fully saturated rings.